The third-order valence-electron chi connectivity index (χ3n) is 5.35. The van der Waals surface area contributed by atoms with Gasteiger partial charge in [-0.25, -0.2) is 4.98 Å². The number of piperidine rings is 1. The van der Waals surface area contributed by atoms with Crippen LogP contribution in [-0.2, 0) is 11.2 Å². The molecule has 7 heteroatoms. The van der Waals surface area contributed by atoms with Crippen LogP contribution in [0.15, 0.2) is 24.3 Å². The van der Waals surface area contributed by atoms with Crippen molar-refractivity contribution in [1.82, 2.24) is 14.7 Å². The minimum absolute atomic E-state index is 0.0423. The van der Waals surface area contributed by atoms with E-state index in [1.54, 1.807) is 7.11 Å². The first-order chi connectivity index (χ1) is 14.2. The van der Waals surface area contributed by atoms with E-state index in [1.807, 2.05) is 18.2 Å². The highest BCUT2D eigenvalue weighted by molar-refractivity contribution is 7.09. The Morgan fingerprint density at radius 2 is 2.24 bits per heavy atom. The molecule has 3 rings (SSSR count). The summed E-state index contributed by atoms with van der Waals surface area (Å²) < 4.78 is 9.83. The molecule has 1 N–H and O–H groups in total. The Morgan fingerprint density at radius 3 is 3.07 bits per heavy atom. The van der Waals surface area contributed by atoms with Gasteiger partial charge in [0.15, 0.2) is 0 Å². The van der Waals surface area contributed by atoms with Crippen LogP contribution in [0.25, 0.3) is 0 Å². The fourth-order valence-electron chi connectivity index (χ4n) is 3.68. The summed E-state index contributed by atoms with van der Waals surface area (Å²) in [6.45, 7) is 4.66. The SMILES string of the molecule is CCCCCCNC(=O)[C@@H]1CCCN(c2nc(Cc3cccc(OC)c3)ns2)C1. The third-order valence-corrected chi connectivity index (χ3v) is 6.16. The molecule has 0 aliphatic carbocycles. The lowest BCUT2D eigenvalue weighted by Gasteiger charge is -2.31. The number of benzene rings is 1. The van der Waals surface area contributed by atoms with Gasteiger partial charge in [-0.2, -0.15) is 4.37 Å². The topological polar surface area (TPSA) is 67.4 Å². The first-order valence-electron chi connectivity index (χ1n) is 10.7. The summed E-state index contributed by atoms with van der Waals surface area (Å²) in [6.07, 6.45) is 7.36. The number of hydrogen-bond acceptors (Lipinski definition) is 6. The van der Waals surface area contributed by atoms with Gasteiger partial charge in [-0.3, -0.25) is 4.79 Å². The molecule has 29 heavy (non-hydrogen) atoms. The Balaban J connectivity index is 1.52. The quantitative estimate of drug-likeness (QED) is 0.592. The number of hydrogen-bond donors (Lipinski definition) is 1. The fourth-order valence-corrected chi connectivity index (χ4v) is 4.40. The number of amides is 1. The Morgan fingerprint density at radius 1 is 1.34 bits per heavy atom. The molecule has 6 nitrogen and oxygen atoms in total. The van der Waals surface area contributed by atoms with Gasteiger partial charge in [0.25, 0.3) is 0 Å². The largest absolute Gasteiger partial charge is 0.497 e. The molecule has 1 amide bonds. The number of nitrogens with one attached hydrogen (secondary N) is 1. The molecule has 158 valence electrons. The number of unbranched alkanes of at least 4 members (excludes halogenated alkanes) is 3. The highest BCUT2D eigenvalue weighted by atomic mass is 32.1. The van der Waals surface area contributed by atoms with Gasteiger partial charge in [0, 0.05) is 37.6 Å². The number of rotatable bonds is 10. The van der Waals surface area contributed by atoms with E-state index in [4.69, 9.17) is 9.72 Å². The number of nitrogens with zero attached hydrogens (tertiary/aromatic N) is 3. The average Bonchev–Trinajstić information content (AvgIpc) is 3.22. The van der Waals surface area contributed by atoms with Crippen molar-refractivity contribution in [2.75, 3.05) is 31.6 Å². The van der Waals surface area contributed by atoms with E-state index in [-0.39, 0.29) is 11.8 Å². The number of aromatic nitrogens is 2. The molecule has 1 aromatic heterocycles. The molecule has 0 bridgehead atoms. The monoisotopic (exact) mass is 416 g/mol. The summed E-state index contributed by atoms with van der Waals surface area (Å²) >= 11 is 1.43. The van der Waals surface area contributed by atoms with Crippen LogP contribution in [0.2, 0.25) is 0 Å². The van der Waals surface area contributed by atoms with Crippen molar-refractivity contribution in [2.24, 2.45) is 5.92 Å². The lowest BCUT2D eigenvalue weighted by Crippen LogP contribution is -2.43. The number of carbonyl (C=O) groups excluding carboxylic acids is 1. The molecule has 1 saturated heterocycles. The van der Waals surface area contributed by atoms with Gasteiger partial charge in [-0.05, 0) is 37.0 Å². The fraction of sp³-hybridized carbons (Fsp3) is 0.591. The van der Waals surface area contributed by atoms with E-state index in [9.17, 15) is 4.79 Å². The molecule has 0 saturated carbocycles. The van der Waals surface area contributed by atoms with E-state index >= 15 is 0 Å². The van der Waals surface area contributed by atoms with Crippen molar-refractivity contribution in [2.45, 2.75) is 51.9 Å². The molecule has 2 heterocycles. The predicted octanol–water partition coefficient (Wildman–Crippen LogP) is 4.05. The molecule has 0 radical (unpaired) electrons. The van der Waals surface area contributed by atoms with Crippen LogP contribution in [0.4, 0.5) is 5.13 Å². The molecule has 1 atom stereocenters. The van der Waals surface area contributed by atoms with Gasteiger partial charge in [0.1, 0.15) is 11.6 Å². The maximum atomic E-state index is 12.5. The number of methoxy groups -OCH3 is 1. The maximum Gasteiger partial charge on any atom is 0.224 e. The maximum absolute atomic E-state index is 12.5. The normalized spacial score (nSPS) is 16.6. The molecule has 2 aromatic rings. The highest BCUT2D eigenvalue weighted by Gasteiger charge is 2.27. The van der Waals surface area contributed by atoms with E-state index in [0.29, 0.717) is 6.42 Å². The summed E-state index contributed by atoms with van der Waals surface area (Å²) in [5, 5.41) is 4.04. The van der Waals surface area contributed by atoms with Crippen molar-refractivity contribution in [3.8, 4) is 5.75 Å². The summed E-state index contributed by atoms with van der Waals surface area (Å²) in [4.78, 5) is 19.5. The second-order valence-electron chi connectivity index (χ2n) is 7.66. The van der Waals surface area contributed by atoms with E-state index in [1.165, 1.54) is 30.8 Å². The molecule has 1 aliphatic rings. The van der Waals surface area contributed by atoms with Crippen molar-refractivity contribution >= 4 is 22.6 Å². The summed E-state index contributed by atoms with van der Waals surface area (Å²) in [5.74, 6) is 1.89. The van der Waals surface area contributed by atoms with Gasteiger partial charge < -0.3 is 15.0 Å². The Bertz CT molecular complexity index is 780. The molecule has 0 spiro atoms. The smallest absolute Gasteiger partial charge is 0.224 e. The predicted molar refractivity (Wildman–Crippen MR) is 118 cm³/mol. The van der Waals surface area contributed by atoms with Crippen LogP contribution in [0, 0.1) is 5.92 Å². The minimum atomic E-state index is 0.0423. The first-order valence-corrected chi connectivity index (χ1v) is 11.4. The van der Waals surface area contributed by atoms with Gasteiger partial charge in [-0.1, -0.05) is 38.3 Å². The summed E-state index contributed by atoms with van der Waals surface area (Å²) in [5.41, 5.74) is 1.13. The number of carbonyl (C=O) groups is 1. The lowest BCUT2D eigenvalue weighted by molar-refractivity contribution is -0.125. The third kappa shape index (κ3) is 6.42. The molecule has 1 aromatic carbocycles. The zero-order chi connectivity index (χ0) is 20.5. The van der Waals surface area contributed by atoms with Gasteiger partial charge >= 0.3 is 0 Å². The summed E-state index contributed by atoms with van der Waals surface area (Å²) in [6, 6.07) is 8.00. The molecular weight excluding hydrogens is 384 g/mol. The standard InChI is InChI=1S/C22H32N4O2S/c1-3-4-5-6-12-23-21(27)18-10-8-13-26(16-18)22-24-20(25-29-22)15-17-9-7-11-19(14-17)28-2/h7,9,11,14,18H,3-6,8,10,12-13,15-16H2,1-2H3,(H,23,27)/t18-/m1/s1. The zero-order valence-electron chi connectivity index (χ0n) is 17.5. The van der Waals surface area contributed by atoms with Crippen LogP contribution >= 0.6 is 11.5 Å². The first kappa shape index (κ1) is 21.6. The van der Waals surface area contributed by atoms with Crippen LogP contribution in [0.1, 0.15) is 56.8 Å². The Hall–Kier alpha value is -2.15. The molecule has 0 unspecified atom stereocenters. The Labute approximate surface area is 177 Å². The second-order valence-corrected chi connectivity index (χ2v) is 8.39. The van der Waals surface area contributed by atoms with Crippen LogP contribution in [0.5, 0.6) is 5.75 Å². The summed E-state index contributed by atoms with van der Waals surface area (Å²) in [7, 11) is 1.67. The van der Waals surface area contributed by atoms with Crippen LogP contribution in [-0.4, -0.2) is 42.0 Å². The number of anilines is 1. The lowest BCUT2D eigenvalue weighted by atomic mass is 9.97. The number of ether oxygens (including phenoxy) is 1. The van der Waals surface area contributed by atoms with Crippen molar-refractivity contribution in [3.05, 3.63) is 35.7 Å². The van der Waals surface area contributed by atoms with Crippen LogP contribution < -0.4 is 15.0 Å². The highest BCUT2D eigenvalue weighted by Crippen LogP contribution is 2.26. The molecular formula is C22H32N4O2S. The zero-order valence-corrected chi connectivity index (χ0v) is 18.3. The molecule has 1 fully saturated rings. The van der Waals surface area contributed by atoms with Crippen molar-refractivity contribution in [3.63, 3.8) is 0 Å². The Kier molecular flexibility index (Phi) is 8.28. The van der Waals surface area contributed by atoms with Gasteiger partial charge in [0.2, 0.25) is 11.0 Å². The van der Waals surface area contributed by atoms with Crippen molar-refractivity contribution in [1.29, 1.82) is 0 Å². The minimum Gasteiger partial charge on any atom is -0.497 e. The van der Waals surface area contributed by atoms with E-state index < -0.39 is 0 Å². The van der Waals surface area contributed by atoms with Crippen LogP contribution in [0.3, 0.4) is 0 Å². The van der Waals surface area contributed by atoms with Crippen molar-refractivity contribution < 1.29 is 9.53 Å². The van der Waals surface area contributed by atoms with E-state index in [2.05, 4.69) is 27.6 Å². The van der Waals surface area contributed by atoms with Gasteiger partial charge in [0.05, 0.1) is 13.0 Å². The molecule has 1 aliphatic heterocycles. The van der Waals surface area contributed by atoms with Gasteiger partial charge in [-0.15, -0.1) is 0 Å². The average molecular weight is 417 g/mol. The van der Waals surface area contributed by atoms with E-state index in [0.717, 1.165) is 61.2 Å². The second kappa shape index (κ2) is 11.1.